The molecule has 11 nitrogen and oxygen atoms in total. The lowest BCUT2D eigenvalue weighted by molar-refractivity contribution is -0.384. The first-order chi connectivity index (χ1) is 19.4. The van der Waals surface area contributed by atoms with Gasteiger partial charge in [0.2, 0.25) is 5.75 Å². The number of nitro benzene ring substituents is 1. The van der Waals surface area contributed by atoms with Crippen LogP contribution in [0.4, 0.5) is 5.69 Å². The number of nitrogens with zero attached hydrogens (tertiary/aromatic N) is 1. The summed E-state index contributed by atoms with van der Waals surface area (Å²) in [6.45, 7) is 0.385. The highest BCUT2D eigenvalue weighted by atomic mass is 35.5. The number of hydrogen-bond acceptors (Lipinski definition) is 10. The molecule has 5 aromatic rings. The zero-order valence-corrected chi connectivity index (χ0v) is 23.7. The van der Waals surface area contributed by atoms with Crippen LogP contribution in [0.15, 0.2) is 48.5 Å². The number of halogens is 2. The maximum atomic E-state index is 11.2. The van der Waals surface area contributed by atoms with Crippen molar-refractivity contribution in [2.24, 2.45) is 0 Å². The zero-order chi connectivity index (χ0) is 30.0. The van der Waals surface area contributed by atoms with Gasteiger partial charge in [0.1, 0.15) is 16.4 Å². The monoisotopic (exact) mass is 637 g/mol. The smallest absolute Gasteiger partial charge is 0.347 e. The maximum absolute atomic E-state index is 11.2. The number of aromatic carboxylic acids is 2. The highest BCUT2D eigenvalue weighted by Gasteiger charge is 2.29. The van der Waals surface area contributed by atoms with Crippen LogP contribution in [0.25, 0.3) is 20.2 Å². The summed E-state index contributed by atoms with van der Waals surface area (Å²) in [4.78, 5) is 31.8. The Balaban J connectivity index is 0.000000195. The first-order valence-electron chi connectivity index (χ1n) is 11.2. The molecule has 41 heavy (non-hydrogen) atoms. The SMILES string of the molecule is COc1cc2sc(C(=O)O)c(Cl)c2cc1OCc1ccccc1.O=C(O)c1sc2cc(O)c(O)c([N+](=O)[O-])c2c1Cl. The fraction of sp³-hybridized carbons (Fsp3) is 0.0769. The van der Waals surface area contributed by atoms with Gasteiger partial charge in [-0.3, -0.25) is 10.1 Å². The lowest BCUT2D eigenvalue weighted by Crippen LogP contribution is -1.97. The molecule has 0 spiro atoms. The quantitative estimate of drug-likeness (QED) is 0.0797. The molecule has 0 aliphatic rings. The molecule has 2 aromatic heterocycles. The van der Waals surface area contributed by atoms with E-state index in [0.717, 1.165) is 27.7 Å². The summed E-state index contributed by atoms with van der Waals surface area (Å²) in [5, 5.41) is 48.0. The van der Waals surface area contributed by atoms with E-state index in [-0.39, 0.29) is 29.9 Å². The van der Waals surface area contributed by atoms with Crippen molar-refractivity contribution in [2.75, 3.05) is 7.11 Å². The zero-order valence-electron chi connectivity index (χ0n) is 20.6. The van der Waals surface area contributed by atoms with E-state index in [1.807, 2.05) is 30.3 Å². The molecule has 15 heteroatoms. The number of nitro groups is 1. The number of methoxy groups -OCH3 is 1. The van der Waals surface area contributed by atoms with Crippen molar-refractivity contribution in [1.82, 2.24) is 0 Å². The summed E-state index contributed by atoms with van der Waals surface area (Å²) in [7, 11) is 1.55. The number of ether oxygens (including phenoxy) is 2. The number of rotatable bonds is 7. The molecule has 5 rings (SSSR count). The molecule has 0 aliphatic carbocycles. The number of carboxylic acids is 2. The van der Waals surface area contributed by atoms with Gasteiger partial charge in [0.25, 0.3) is 0 Å². The van der Waals surface area contributed by atoms with E-state index in [1.165, 1.54) is 0 Å². The van der Waals surface area contributed by atoms with E-state index >= 15 is 0 Å². The topological polar surface area (TPSA) is 177 Å². The van der Waals surface area contributed by atoms with Gasteiger partial charge in [-0.1, -0.05) is 53.5 Å². The van der Waals surface area contributed by atoms with Gasteiger partial charge in [0.05, 0.1) is 27.5 Å². The summed E-state index contributed by atoms with van der Waals surface area (Å²) >= 11 is 13.7. The maximum Gasteiger partial charge on any atom is 0.347 e. The number of benzene rings is 3. The molecule has 2 heterocycles. The van der Waals surface area contributed by atoms with Gasteiger partial charge in [-0.2, -0.15) is 0 Å². The highest BCUT2D eigenvalue weighted by Crippen LogP contribution is 2.48. The molecule has 212 valence electrons. The minimum atomic E-state index is -1.34. The van der Waals surface area contributed by atoms with Crippen LogP contribution in [0, 0.1) is 10.1 Å². The molecular formula is C26H17Cl2NO10S2. The van der Waals surface area contributed by atoms with Crippen LogP contribution in [0.2, 0.25) is 10.0 Å². The van der Waals surface area contributed by atoms with E-state index in [9.17, 15) is 35.0 Å². The fourth-order valence-corrected chi connectivity index (χ4v) is 6.48. The minimum Gasteiger partial charge on any atom is -0.504 e. The molecule has 0 amide bonds. The van der Waals surface area contributed by atoms with Gasteiger partial charge in [-0.05, 0) is 11.6 Å². The predicted octanol–water partition coefficient (Wildman–Crippen LogP) is 7.41. The van der Waals surface area contributed by atoms with Crippen molar-refractivity contribution < 1.29 is 44.4 Å². The largest absolute Gasteiger partial charge is 0.504 e. The molecule has 0 bridgehead atoms. The van der Waals surface area contributed by atoms with Crippen molar-refractivity contribution in [3.05, 3.63) is 84.0 Å². The number of phenols is 2. The van der Waals surface area contributed by atoms with Crippen LogP contribution in [-0.2, 0) is 6.61 Å². The molecule has 0 atom stereocenters. The number of carbonyl (C=O) groups is 2. The third kappa shape index (κ3) is 5.93. The molecule has 0 saturated heterocycles. The molecule has 0 fully saturated rings. The van der Waals surface area contributed by atoms with Crippen LogP contribution in [0.3, 0.4) is 0 Å². The Morgan fingerprint density at radius 1 is 0.927 bits per heavy atom. The van der Waals surface area contributed by atoms with Crippen LogP contribution < -0.4 is 9.47 Å². The second kappa shape index (κ2) is 12.1. The lowest BCUT2D eigenvalue weighted by atomic mass is 10.2. The van der Waals surface area contributed by atoms with E-state index in [2.05, 4.69) is 0 Å². The third-order valence-corrected chi connectivity index (χ3v) is 8.83. The van der Waals surface area contributed by atoms with Crippen LogP contribution >= 0.6 is 45.9 Å². The summed E-state index contributed by atoms with van der Waals surface area (Å²) in [6.07, 6.45) is 0. The predicted molar refractivity (Wildman–Crippen MR) is 155 cm³/mol. The average Bonchev–Trinajstić information content (AvgIpc) is 3.44. The summed E-state index contributed by atoms with van der Waals surface area (Å²) in [6, 6.07) is 14.2. The standard InChI is InChI=1S/C17H13ClO4S.C9H4ClNO6S/c1-21-12-8-14-11(15(18)16(23-14)17(19)20)7-13(12)22-9-10-5-3-2-4-6-10;10-5-4-3(18-8(5)9(14)15)1-2(12)7(13)6(4)11(16)17/h2-8H,9H2,1H3,(H,19,20);1,12-13H,(H,14,15). The Hall–Kier alpha value is -4.30. The minimum absolute atomic E-state index is 0.111. The van der Waals surface area contributed by atoms with Crippen molar-refractivity contribution in [1.29, 1.82) is 0 Å². The molecule has 4 N–H and O–H groups in total. The summed E-state index contributed by atoms with van der Waals surface area (Å²) < 4.78 is 12.0. The van der Waals surface area contributed by atoms with Crippen LogP contribution in [-0.4, -0.2) is 44.4 Å². The van der Waals surface area contributed by atoms with E-state index in [1.54, 1.807) is 19.2 Å². The number of aromatic hydroxyl groups is 2. The molecule has 0 saturated carbocycles. The molecule has 0 radical (unpaired) electrons. The molecule has 0 unspecified atom stereocenters. The number of hydrogen-bond donors (Lipinski definition) is 4. The van der Waals surface area contributed by atoms with Gasteiger partial charge >= 0.3 is 17.6 Å². The average molecular weight is 638 g/mol. The number of thiophene rings is 2. The van der Waals surface area contributed by atoms with E-state index in [0.29, 0.717) is 34.8 Å². The van der Waals surface area contributed by atoms with Gasteiger partial charge in [0, 0.05) is 26.9 Å². The first-order valence-corrected chi connectivity index (χ1v) is 13.6. The van der Waals surface area contributed by atoms with Crippen molar-refractivity contribution in [3.63, 3.8) is 0 Å². The number of phenolic OH excluding ortho intramolecular Hbond substituents is 2. The number of carboxylic acid groups (broad SMARTS) is 2. The molecule has 3 aromatic carbocycles. The lowest BCUT2D eigenvalue weighted by Gasteiger charge is -2.11. The summed E-state index contributed by atoms with van der Waals surface area (Å²) in [5.74, 6) is -2.95. The van der Waals surface area contributed by atoms with Crippen molar-refractivity contribution in [2.45, 2.75) is 6.61 Å². The third-order valence-electron chi connectivity index (χ3n) is 5.57. The van der Waals surface area contributed by atoms with Gasteiger partial charge in [-0.25, -0.2) is 9.59 Å². The van der Waals surface area contributed by atoms with E-state index in [4.69, 9.17) is 37.8 Å². The van der Waals surface area contributed by atoms with Crippen molar-refractivity contribution >= 4 is 83.7 Å². The van der Waals surface area contributed by atoms with Crippen molar-refractivity contribution in [3.8, 4) is 23.0 Å². The first kappa shape index (κ1) is 29.7. The fourth-order valence-electron chi connectivity index (χ4n) is 3.72. The second-order valence-electron chi connectivity index (χ2n) is 8.10. The molecule has 0 aliphatic heterocycles. The molecular weight excluding hydrogens is 621 g/mol. The Labute approximate surface area is 248 Å². The Bertz CT molecular complexity index is 1820. The Morgan fingerprint density at radius 3 is 2.12 bits per heavy atom. The van der Waals surface area contributed by atoms with Gasteiger partial charge in [-0.15, -0.1) is 22.7 Å². The second-order valence-corrected chi connectivity index (χ2v) is 11.0. The number of fused-ring (bicyclic) bond motifs is 2. The van der Waals surface area contributed by atoms with E-state index < -0.39 is 34.0 Å². The van der Waals surface area contributed by atoms with Crippen LogP contribution in [0.1, 0.15) is 24.9 Å². The van der Waals surface area contributed by atoms with Gasteiger partial charge in [0.15, 0.2) is 17.2 Å². The van der Waals surface area contributed by atoms with Gasteiger partial charge < -0.3 is 29.9 Å². The highest BCUT2D eigenvalue weighted by molar-refractivity contribution is 7.22. The normalized spacial score (nSPS) is 10.7. The Kier molecular flexibility index (Phi) is 8.73. The summed E-state index contributed by atoms with van der Waals surface area (Å²) in [5.41, 5.74) is 0.219. The Morgan fingerprint density at radius 2 is 1.54 bits per heavy atom. The van der Waals surface area contributed by atoms with Crippen LogP contribution in [0.5, 0.6) is 23.0 Å².